The molecule has 0 heterocycles. The van der Waals surface area contributed by atoms with Gasteiger partial charge in [0.25, 0.3) is 5.91 Å². The monoisotopic (exact) mass is 338 g/mol. The van der Waals surface area contributed by atoms with E-state index in [4.69, 9.17) is 15.2 Å². The quantitative estimate of drug-likeness (QED) is 0.778. The van der Waals surface area contributed by atoms with E-state index in [0.717, 1.165) is 5.56 Å². The highest BCUT2D eigenvalue weighted by molar-refractivity contribution is 5.92. The Labute approximate surface area is 145 Å². The molecule has 2 aromatic carbocycles. The number of carbonyl (C=O) groups excluding carboxylic acids is 2. The smallest absolute Gasteiger partial charge is 0.258 e. The molecule has 2 rings (SSSR count). The molecule has 2 aromatic rings. The number of primary amides is 1. The second-order valence-electron chi connectivity index (χ2n) is 4.99. The molecule has 0 unspecified atom stereocenters. The minimum Gasteiger partial charge on any atom is -0.497 e. The molecule has 0 radical (unpaired) electrons. The van der Waals surface area contributed by atoms with Crippen molar-refractivity contribution >= 4 is 11.8 Å². The normalized spacial score (nSPS) is 9.48. The topological polar surface area (TPSA) is 90.7 Å². The van der Waals surface area contributed by atoms with Crippen LogP contribution >= 0.6 is 0 Å². The Morgan fingerprint density at radius 2 is 1.84 bits per heavy atom. The highest BCUT2D eigenvalue weighted by Gasteiger charge is 2.02. The summed E-state index contributed by atoms with van der Waals surface area (Å²) in [5, 5.41) is 2.64. The SMILES string of the molecule is COc1cccc(OCC(=O)NCC#Cc2ccc(C(N)=O)cc2)c1. The van der Waals surface area contributed by atoms with Gasteiger partial charge in [-0.15, -0.1) is 0 Å². The van der Waals surface area contributed by atoms with Crippen LogP contribution in [-0.4, -0.2) is 32.1 Å². The number of methoxy groups -OCH3 is 1. The third-order valence-electron chi connectivity index (χ3n) is 3.19. The first-order valence-corrected chi connectivity index (χ1v) is 7.51. The zero-order valence-electron chi connectivity index (χ0n) is 13.7. The van der Waals surface area contributed by atoms with Crippen molar-refractivity contribution in [3.8, 4) is 23.3 Å². The Morgan fingerprint density at radius 1 is 1.12 bits per heavy atom. The van der Waals surface area contributed by atoms with Crippen molar-refractivity contribution in [1.82, 2.24) is 5.32 Å². The maximum Gasteiger partial charge on any atom is 0.258 e. The van der Waals surface area contributed by atoms with Crippen molar-refractivity contribution in [2.45, 2.75) is 0 Å². The molecule has 6 nitrogen and oxygen atoms in total. The van der Waals surface area contributed by atoms with E-state index < -0.39 is 5.91 Å². The van der Waals surface area contributed by atoms with Crippen LogP contribution in [0.4, 0.5) is 0 Å². The summed E-state index contributed by atoms with van der Waals surface area (Å²) in [6, 6.07) is 13.6. The van der Waals surface area contributed by atoms with Gasteiger partial charge in [0.05, 0.1) is 13.7 Å². The molecule has 0 bridgehead atoms. The van der Waals surface area contributed by atoms with Gasteiger partial charge in [-0.25, -0.2) is 0 Å². The van der Waals surface area contributed by atoms with Gasteiger partial charge < -0.3 is 20.5 Å². The number of hydrogen-bond donors (Lipinski definition) is 2. The Morgan fingerprint density at radius 3 is 2.52 bits per heavy atom. The first-order chi connectivity index (χ1) is 12.1. The van der Waals surface area contributed by atoms with Gasteiger partial charge in [-0.1, -0.05) is 17.9 Å². The van der Waals surface area contributed by atoms with Crippen molar-refractivity contribution in [3.63, 3.8) is 0 Å². The predicted octanol–water partition coefficient (Wildman–Crippen LogP) is 1.34. The summed E-state index contributed by atoms with van der Waals surface area (Å²) >= 11 is 0. The van der Waals surface area contributed by atoms with Crippen molar-refractivity contribution in [3.05, 3.63) is 59.7 Å². The molecule has 0 fully saturated rings. The number of hydrogen-bond acceptors (Lipinski definition) is 4. The summed E-state index contributed by atoms with van der Waals surface area (Å²) in [5.74, 6) is 6.15. The van der Waals surface area contributed by atoms with E-state index in [9.17, 15) is 9.59 Å². The molecule has 0 saturated carbocycles. The van der Waals surface area contributed by atoms with Crippen LogP contribution in [0.3, 0.4) is 0 Å². The first kappa shape index (κ1) is 17.9. The summed E-state index contributed by atoms with van der Waals surface area (Å²) in [7, 11) is 1.56. The molecule has 0 spiro atoms. The second-order valence-corrected chi connectivity index (χ2v) is 4.99. The number of carbonyl (C=O) groups is 2. The lowest BCUT2D eigenvalue weighted by Crippen LogP contribution is -2.29. The lowest BCUT2D eigenvalue weighted by Gasteiger charge is -2.07. The van der Waals surface area contributed by atoms with Crippen molar-refractivity contribution in [2.24, 2.45) is 5.73 Å². The molecule has 128 valence electrons. The Hall–Kier alpha value is -3.46. The lowest BCUT2D eigenvalue weighted by atomic mass is 10.1. The van der Waals surface area contributed by atoms with E-state index in [2.05, 4.69) is 17.2 Å². The molecule has 0 aliphatic carbocycles. The van der Waals surface area contributed by atoms with E-state index in [-0.39, 0.29) is 19.1 Å². The number of amides is 2. The summed E-state index contributed by atoms with van der Waals surface area (Å²) in [5.41, 5.74) is 6.32. The van der Waals surface area contributed by atoms with Crippen LogP contribution in [0.5, 0.6) is 11.5 Å². The molecular weight excluding hydrogens is 320 g/mol. The maximum atomic E-state index is 11.7. The fraction of sp³-hybridized carbons (Fsp3) is 0.158. The van der Waals surface area contributed by atoms with Crippen molar-refractivity contribution in [1.29, 1.82) is 0 Å². The lowest BCUT2D eigenvalue weighted by molar-refractivity contribution is -0.122. The maximum absolute atomic E-state index is 11.7. The molecule has 6 heteroatoms. The molecule has 3 N–H and O–H groups in total. The van der Waals surface area contributed by atoms with Crippen LogP contribution in [0.1, 0.15) is 15.9 Å². The minimum absolute atomic E-state index is 0.109. The predicted molar refractivity (Wildman–Crippen MR) is 93.3 cm³/mol. The first-order valence-electron chi connectivity index (χ1n) is 7.51. The average molecular weight is 338 g/mol. The molecular formula is C19H18N2O4. The standard InChI is InChI=1S/C19H18N2O4/c1-24-16-5-2-6-17(12-16)25-13-18(22)21-11-3-4-14-7-9-15(10-8-14)19(20)23/h2,5-10,12H,11,13H2,1H3,(H2,20,23)(H,21,22). The van der Waals surface area contributed by atoms with Gasteiger partial charge in [0.1, 0.15) is 11.5 Å². The van der Waals surface area contributed by atoms with Gasteiger partial charge in [0.2, 0.25) is 5.91 Å². The Balaban J connectivity index is 1.76. The number of ether oxygens (including phenoxy) is 2. The van der Waals surface area contributed by atoms with Gasteiger partial charge in [-0.05, 0) is 36.4 Å². The summed E-state index contributed by atoms with van der Waals surface area (Å²) in [6.07, 6.45) is 0. The second kappa shape index (κ2) is 8.99. The molecule has 25 heavy (non-hydrogen) atoms. The zero-order valence-corrected chi connectivity index (χ0v) is 13.7. The molecule has 0 aliphatic heterocycles. The van der Waals surface area contributed by atoms with Gasteiger partial charge in [-0.2, -0.15) is 0 Å². The van der Waals surface area contributed by atoms with Crippen LogP contribution in [0.15, 0.2) is 48.5 Å². The van der Waals surface area contributed by atoms with Gasteiger partial charge >= 0.3 is 0 Å². The molecule has 0 atom stereocenters. The largest absolute Gasteiger partial charge is 0.497 e. The summed E-state index contributed by atoms with van der Waals surface area (Å²) in [4.78, 5) is 22.7. The van der Waals surface area contributed by atoms with Crippen molar-refractivity contribution < 1.29 is 19.1 Å². The average Bonchev–Trinajstić information content (AvgIpc) is 2.64. The van der Waals surface area contributed by atoms with Crippen LogP contribution in [0.25, 0.3) is 0 Å². The highest BCUT2D eigenvalue weighted by Crippen LogP contribution is 2.18. The van der Waals surface area contributed by atoms with Gasteiger partial charge in [0, 0.05) is 17.2 Å². The Bertz CT molecular complexity index is 804. The fourth-order valence-electron chi connectivity index (χ4n) is 1.90. The van der Waals surface area contributed by atoms with Crippen LogP contribution in [-0.2, 0) is 4.79 Å². The van der Waals surface area contributed by atoms with Crippen LogP contribution < -0.4 is 20.5 Å². The van der Waals surface area contributed by atoms with Gasteiger partial charge in [-0.3, -0.25) is 9.59 Å². The van der Waals surface area contributed by atoms with Crippen LogP contribution in [0, 0.1) is 11.8 Å². The molecule has 0 saturated heterocycles. The highest BCUT2D eigenvalue weighted by atomic mass is 16.5. The van der Waals surface area contributed by atoms with Crippen LogP contribution in [0.2, 0.25) is 0 Å². The number of nitrogens with one attached hydrogen (secondary N) is 1. The van der Waals surface area contributed by atoms with Crippen molar-refractivity contribution in [2.75, 3.05) is 20.3 Å². The fourth-order valence-corrected chi connectivity index (χ4v) is 1.90. The molecule has 0 aliphatic rings. The van der Waals surface area contributed by atoms with Gasteiger partial charge in [0.15, 0.2) is 6.61 Å². The minimum atomic E-state index is -0.484. The van der Waals surface area contributed by atoms with E-state index in [1.54, 1.807) is 55.6 Å². The Kier molecular flexibility index (Phi) is 6.43. The number of rotatable bonds is 6. The van der Waals surface area contributed by atoms with E-state index in [0.29, 0.717) is 17.1 Å². The third kappa shape index (κ3) is 5.92. The van der Waals surface area contributed by atoms with E-state index in [1.165, 1.54) is 0 Å². The number of nitrogens with two attached hydrogens (primary N) is 1. The number of benzene rings is 2. The summed E-state index contributed by atoms with van der Waals surface area (Å²) < 4.78 is 10.5. The molecule has 0 aromatic heterocycles. The summed E-state index contributed by atoms with van der Waals surface area (Å²) in [6.45, 7) is 0.0834. The van der Waals surface area contributed by atoms with E-state index in [1.807, 2.05) is 0 Å². The van der Waals surface area contributed by atoms with E-state index >= 15 is 0 Å². The third-order valence-corrected chi connectivity index (χ3v) is 3.19. The molecule has 2 amide bonds. The zero-order chi connectivity index (χ0) is 18.1.